The van der Waals surface area contributed by atoms with Crippen LogP contribution in [0.2, 0.25) is 0 Å². The van der Waals surface area contributed by atoms with Crippen molar-refractivity contribution in [2.24, 2.45) is 0 Å². The molecule has 0 bridgehead atoms. The molecule has 0 aliphatic rings. The molecule has 0 amide bonds. The van der Waals surface area contributed by atoms with E-state index in [0.717, 1.165) is 17.1 Å². The van der Waals surface area contributed by atoms with Crippen molar-refractivity contribution in [2.75, 3.05) is 4.90 Å². The Morgan fingerprint density at radius 3 is 1.53 bits per heavy atom. The topological polar surface area (TPSA) is 3.24 Å². The minimum atomic E-state index is 1.09. The summed E-state index contributed by atoms with van der Waals surface area (Å²) < 4.78 is 2.56. The zero-order chi connectivity index (χ0) is 39.8. The molecule has 10 aromatic carbocycles. The highest BCUT2D eigenvalue weighted by Crippen LogP contribution is 2.51. The van der Waals surface area contributed by atoms with Gasteiger partial charge in [-0.1, -0.05) is 200 Å². The van der Waals surface area contributed by atoms with Crippen LogP contribution in [0, 0.1) is 0 Å². The molecule has 0 saturated heterocycles. The first-order valence-electron chi connectivity index (χ1n) is 20.5. The van der Waals surface area contributed by atoms with E-state index in [9.17, 15) is 0 Å². The lowest BCUT2D eigenvalue weighted by Crippen LogP contribution is -2.12. The third-order valence-electron chi connectivity index (χ3n) is 11.7. The van der Waals surface area contributed by atoms with E-state index in [1.165, 1.54) is 86.6 Å². The van der Waals surface area contributed by atoms with E-state index in [2.05, 4.69) is 241 Å². The van der Waals surface area contributed by atoms with Crippen molar-refractivity contribution in [1.29, 1.82) is 0 Å². The summed E-state index contributed by atoms with van der Waals surface area (Å²) in [6, 6.07) is 86.2. The zero-order valence-corrected chi connectivity index (χ0v) is 33.7. The van der Waals surface area contributed by atoms with Crippen molar-refractivity contribution in [3.05, 3.63) is 237 Å². The molecular formula is C58H39NS. The third-order valence-corrected chi connectivity index (χ3v) is 12.9. The summed E-state index contributed by atoms with van der Waals surface area (Å²) in [5, 5.41) is 5.06. The smallest absolute Gasteiger partial charge is 0.0555 e. The third kappa shape index (κ3) is 6.35. The van der Waals surface area contributed by atoms with Crippen LogP contribution in [0.25, 0.3) is 86.6 Å². The number of rotatable bonds is 8. The predicted octanol–water partition coefficient (Wildman–Crippen LogP) is 17.0. The van der Waals surface area contributed by atoms with Crippen LogP contribution in [-0.2, 0) is 0 Å². The van der Waals surface area contributed by atoms with E-state index in [1.807, 2.05) is 11.3 Å². The summed E-state index contributed by atoms with van der Waals surface area (Å²) in [5.74, 6) is 0. The lowest BCUT2D eigenvalue weighted by atomic mass is 9.87. The predicted molar refractivity (Wildman–Crippen MR) is 259 cm³/mol. The van der Waals surface area contributed by atoms with Crippen molar-refractivity contribution in [1.82, 2.24) is 0 Å². The molecule has 2 heteroatoms. The molecule has 0 spiro atoms. The monoisotopic (exact) mass is 781 g/mol. The van der Waals surface area contributed by atoms with Crippen LogP contribution in [0.3, 0.4) is 0 Å². The summed E-state index contributed by atoms with van der Waals surface area (Å²) in [4.78, 5) is 2.50. The Bertz CT molecular complexity index is 3290. The Hall–Kier alpha value is -7.52. The summed E-state index contributed by atoms with van der Waals surface area (Å²) in [5.41, 5.74) is 15.3. The van der Waals surface area contributed by atoms with Gasteiger partial charge in [0.1, 0.15) is 0 Å². The maximum Gasteiger partial charge on any atom is 0.0555 e. The number of nitrogens with zero attached hydrogens (tertiary/aromatic N) is 1. The summed E-state index contributed by atoms with van der Waals surface area (Å²) in [6.07, 6.45) is 0. The SMILES string of the molecule is c1ccc(-c2ccccc2-c2c(-c3ccccc3)cccc2N(c2ccc(-c3ccc(-c4cccc5ccccc45)cc3)cc2)c2cccc3sc4ccccc4c23)cc1. The second-order valence-corrected chi connectivity index (χ2v) is 16.3. The quantitative estimate of drug-likeness (QED) is 0.148. The normalized spacial score (nSPS) is 11.3. The van der Waals surface area contributed by atoms with Crippen LogP contribution < -0.4 is 4.90 Å². The number of hydrogen-bond acceptors (Lipinski definition) is 2. The van der Waals surface area contributed by atoms with Crippen LogP contribution in [-0.4, -0.2) is 0 Å². The second kappa shape index (κ2) is 15.3. The van der Waals surface area contributed by atoms with E-state index in [0.29, 0.717) is 0 Å². The first kappa shape index (κ1) is 35.6. The molecule has 0 saturated carbocycles. The zero-order valence-electron chi connectivity index (χ0n) is 32.9. The molecule has 0 unspecified atom stereocenters. The van der Waals surface area contributed by atoms with Crippen LogP contribution in [0.5, 0.6) is 0 Å². The first-order chi connectivity index (χ1) is 29.8. The maximum atomic E-state index is 2.50. The Morgan fingerprint density at radius 2 is 0.767 bits per heavy atom. The first-order valence-corrected chi connectivity index (χ1v) is 21.3. The molecule has 60 heavy (non-hydrogen) atoms. The molecule has 0 radical (unpaired) electrons. The van der Waals surface area contributed by atoms with Gasteiger partial charge in [-0.05, 0) is 97.2 Å². The molecule has 1 nitrogen and oxygen atoms in total. The van der Waals surface area contributed by atoms with Gasteiger partial charge in [0.15, 0.2) is 0 Å². The Labute approximate surface area is 354 Å². The Kier molecular flexibility index (Phi) is 9.11. The van der Waals surface area contributed by atoms with Gasteiger partial charge in [0.2, 0.25) is 0 Å². The number of hydrogen-bond donors (Lipinski definition) is 0. The second-order valence-electron chi connectivity index (χ2n) is 15.2. The molecule has 1 heterocycles. The van der Waals surface area contributed by atoms with Gasteiger partial charge in [0, 0.05) is 31.4 Å². The highest BCUT2D eigenvalue weighted by atomic mass is 32.1. The van der Waals surface area contributed by atoms with Gasteiger partial charge >= 0.3 is 0 Å². The van der Waals surface area contributed by atoms with Crippen LogP contribution in [0.1, 0.15) is 0 Å². The fraction of sp³-hybridized carbons (Fsp3) is 0. The maximum absolute atomic E-state index is 2.50. The highest BCUT2D eigenvalue weighted by Gasteiger charge is 2.25. The van der Waals surface area contributed by atoms with Crippen molar-refractivity contribution in [2.45, 2.75) is 0 Å². The molecule has 0 atom stereocenters. The van der Waals surface area contributed by atoms with Gasteiger partial charge < -0.3 is 4.90 Å². The van der Waals surface area contributed by atoms with Crippen molar-refractivity contribution in [3.63, 3.8) is 0 Å². The molecule has 0 aliphatic carbocycles. The Morgan fingerprint density at radius 1 is 0.283 bits per heavy atom. The van der Waals surface area contributed by atoms with E-state index in [-0.39, 0.29) is 0 Å². The van der Waals surface area contributed by atoms with E-state index < -0.39 is 0 Å². The van der Waals surface area contributed by atoms with Crippen LogP contribution >= 0.6 is 11.3 Å². The lowest BCUT2D eigenvalue weighted by molar-refractivity contribution is 1.30. The molecule has 0 fully saturated rings. The highest BCUT2D eigenvalue weighted by molar-refractivity contribution is 7.26. The number of thiophene rings is 1. The summed E-state index contributed by atoms with van der Waals surface area (Å²) in [6.45, 7) is 0. The van der Waals surface area contributed by atoms with E-state index >= 15 is 0 Å². The molecular weight excluding hydrogens is 743 g/mol. The molecule has 11 rings (SSSR count). The van der Waals surface area contributed by atoms with Crippen molar-refractivity contribution in [3.8, 4) is 55.6 Å². The molecule has 11 aromatic rings. The lowest BCUT2D eigenvalue weighted by Gasteiger charge is -2.30. The largest absolute Gasteiger partial charge is 0.309 e. The molecule has 0 aliphatic heterocycles. The van der Waals surface area contributed by atoms with Crippen molar-refractivity contribution < 1.29 is 0 Å². The summed E-state index contributed by atoms with van der Waals surface area (Å²) in [7, 11) is 0. The molecule has 0 N–H and O–H groups in total. The van der Waals surface area contributed by atoms with Gasteiger partial charge in [-0.15, -0.1) is 11.3 Å². The minimum Gasteiger partial charge on any atom is -0.309 e. The molecule has 1 aromatic heterocycles. The average molecular weight is 782 g/mol. The average Bonchev–Trinajstić information content (AvgIpc) is 3.72. The van der Waals surface area contributed by atoms with Gasteiger partial charge in [0.05, 0.1) is 11.4 Å². The van der Waals surface area contributed by atoms with Gasteiger partial charge in [-0.2, -0.15) is 0 Å². The molecule has 282 valence electrons. The van der Waals surface area contributed by atoms with Gasteiger partial charge in [-0.3, -0.25) is 0 Å². The van der Waals surface area contributed by atoms with Crippen molar-refractivity contribution >= 4 is 59.3 Å². The fourth-order valence-electron chi connectivity index (χ4n) is 8.91. The number of fused-ring (bicyclic) bond motifs is 4. The summed E-state index contributed by atoms with van der Waals surface area (Å²) >= 11 is 1.86. The van der Waals surface area contributed by atoms with Crippen LogP contribution in [0.15, 0.2) is 237 Å². The Balaban J connectivity index is 1.11. The number of anilines is 3. The van der Waals surface area contributed by atoms with Gasteiger partial charge in [0.25, 0.3) is 0 Å². The van der Waals surface area contributed by atoms with E-state index in [4.69, 9.17) is 0 Å². The van der Waals surface area contributed by atoms with Gasteiger partial charge in [-0.25, -0.2) is 0 Å². The van der Waals surface area contributed by atoms with E-state index in [1.54, 1.807) is 0 Å². The van der Waals surface area contributed by atoms with Crippen LogP contribution in [0.4, 0.5) is 17.1 Å². The minimum absolute atomic E-state index is 1.09. The standard InChI is InChI=1S/C58H39NS/c1-3-16-42(17-4-1)49-23-9-10-24-51(49)57-50(44-18-5-2-6-19-44)27-14-28-53(57)59(54-29-15-31-56-58(54)52-25-11-12-30-55(52)60-56)46-38-36-41(37-39-46)40-32-34-45(35-33-40)48-26-13-21-43-20-7-8-22-47(43)48/h1-39H. The fourth-order valence-corrected chi connectivity index (χ4v) is 10.0. The number of benzene rings is 10.